The molecule has 0 aromatic heterocycles. The van der Waals surface area contributed by atoms with Gasteiger partial charge in [-0.25, -0.2) is 0 Å². The summed E-state index contributed by atoms with van der Waals surface area (Å²) in [5.41, 5.74) is 0.537. The van der Waals surface area contributed by atoms with Gasteiger partial charge in [0.1, 0.15) is 12.4 Å². The molecule has 2 aliphatic rings. The number of carbonyl (C=O) groups is 2. The van der Waals surface area contributed by atoms with Crippen molar-refractivity contribution in [3.05, 3.63) is 54.1 Å². The van der Waals surface area contributed by atoms with Gasteiger partial charge in [0.05, 0.1) is 20.3 Å². The highest BCUT2D eigenvalue weighted by molar-refractivity contribution is 5.95. The van der Waals surface area contributed by atoms with Gasteiger partial charge in [0.15, 0.2) is 18.1 Å². The van der Waals surface area contributed by atoms with Crippen molar-refractivity contribution in [3.63, 3.8) is 0 Å². The Bertz CT molecular complexity index is 972. The smallest absolute Gasteiger partial charge is 0.260 e. The Morgan fingerprint density at radius 3 is 2.31 bits per heavy atom. The molecule has 0 radical (unpaired) electrons. The molecule has 35 heavy (non-hydrogen) atoms. The largest absolute Gasteiger partial charge is 0.493 e. The first-order chi connectivity index (χ1) is 17.1. The Morgan fingerprint density at radius 1 is 0.857 bits per heavy atom. The van der Waals surface area contributed by atoms with Crippen LogP contribution in [0.5, 0.6) is 17.2 Å². The van der Waals surface area contributed by atoms with Gasteiger partial charge in [0, 0.05) is 51.4 Å². The van der Waals surface area contributed by atoms with Gasteiger partial charge in [-0.15, -0.1) is 0 Å². The van der Waals surface area contributed by atoms with Gasteiger partial charge in [-0.1, -0.05) is 18.2 Å². The lowest BCUT2D eigenvalue weighted by atomic mass is 10.1. The second kappa shape index (κ2) is 12.4. The van der Waals surface area contributed by atoms with Gasteiger partial charge in [-0.2, -0.15) is 0 Å². The number of ether oxygens (including phenoxy) is 4. The van der Waals surface area contributed by atoms with Crippen LogP contribution in [-0.4, -0.2) is 106 Å². The van der Waals surface area contributed by atoms with E-state index >= 15 is 0 Å². The first-order valence-corrected chi connectivity index (χ1v) is 12.0. The Hall–Kier alpha value is -3.30. The van der Waals surface area contributed by atoms with Gasteiger partial charge >= 0.3 is 0 Å². The molecule has 0 aliphatic carbocycles. The van der Waals surface area contributed by atoms with Crippen molar-refractivity contribution in [1.82, 2.24) is 14.7 Å². The van der Waals surface area contributed by atoms with Crippen molar-refractivity contribution < 1.29 is 28.5 Å². The average Bonchev–Trinajstić information content (AvgIpc) is 2.92. The Labute approximate surface area is 206 Å². The number of carbonyl (C=O) groups excluding carboxylic acids is 2. The average molecular weight is 484 g/mol. The lowest BCUT2D eigenvalue weighted by Gasteiger charge is -2.34. The molecule has 0 N–H and O–H groups in total. The van der Waals surface area contributed by atoms with Crippen molar-refractivity contribution in [2.75, 3.05) is 79.4 Å². The van der Waals surface area contributed by atoms with E-state index in [1.807, 2.05) is 35.2 Å². The molecule has 2 aromatic carbocycles. The maximum atomic E-state index is 13.1. The predicted octanol–water partition coefficient (Wildman–Crippen LogP) is 1.77. The molecular weight excluding hydrogens is 450 g/mol. The number of amides is 2. The van der Waals surface area contributed by atoms with Crippen molar-refractivity contribution in [2.45, 2.75) is 0 Å². The third-order valence-electron chi connectivity index (χ3n) is 6.20. The molecular formula is C26H33N3O6. The Kier molecular flexibility index (Phi) is 8.80. The molecule has 2 saturated heterocycles. The topological polar surface area (TPSA) is 80.8 Å². The summed E-state index contributed by atoms with van der Waals surface area (Å²) in [4.78, 5) is 31.3. The summed E-state index contributed by atoms with van der Waals surface area (Å²) in [6, 6.07) is 14.9. The number of nitrogens with zero attached hydrogens (tertiary/aromatic N) is 3. The first-order valence-electron chi connectivity index (χ1n) is 12.0. The third kappa shape index (κ3) is 6.86. The Balaban J connectivity index is 1.24. The number of rotatable bonds is 9. The molecule has 0 saturated carbocycles. The fraction of sp³-hybridized carbons (Fsp3) is 0.462. The van der Waals surface area contributed by atoms with Crippen LogP contribution in [0.15, 0.2) is 48.5 Å². The van der Waals surface area contributed by atoms with Crippen molar-refractivity contribution in [2.24, 2.45) is 0 Å². The zero-order valence-electron chi connectivity index (χ0n) is 20.2. The summed E-state index contributed by atoms with van der Waals surface area (Å²) in [5, 5.41) is 0. The van der Waals surface area contributed by atoms with Gasteiger partial charge in [-0.3, -0.25) is 14.5 Å². The fourth-order valence-corrected chi connectivity index (χ4v) is 4.13. The molecule has 0 bridgehead atoms. The van der Waals surface area contributed by atoms with Crippen LogP contribution in [0.3, 0.4) is 0 Å². The van der Waals surface area contributed by atoms with Crippen LogP contribution in [0.25, 0.3) is 0 Å². The normalized spacial score (nSPS) is 16.6. The first kappa shape index (κ1) is 24.8. The molecule has 188 valence electrons. The zero-order chi connectivity index (χ0) is 24.5. The quantitative estimate of drug-likeness (QED) is 0.538. The molecule has 4 rings (SSSR count). The van der Waals surface area contributed by atoms with Gasteiger partial charge in [0.2, 0.25) is 0 Å². The molecule has 2 fully saturated rings. The highest BCUT2D eigenvalue weighted by Crippen LogP contribution is 2.29. The summed E-state index contributed by atoms with van der Waals surface area (Å²) >= 11 is 0. The van der Waals surface area contributed by atoms with Crippen LogP contribution >= 0.6 is 0 Å². The maximum Gasteiger partial charge on any atom is 0.260 e. The van der Waals surface area contributed by atoms with Crippen LogP contribution in [0.4, 0.5) is 0 Å². The van der Waals surface area contributed by atoms with Crippen LogP contribution in [0, 0.1) is 0 Å². The second-order valence-electron chi connectivity index (χ2n) is 8.44. The number of hydrogen-bond acceptors (Lipinski definition) is 7. The molecule has 2 aromatic rings. The number of para-hydroxylation sites is 1. The highest BCUT2D eigenvalue weighted by Gasteiger charge is 2.23. The van der Waals surface area contributed by atoms with E-state index in [9.17, 15) is 9.59 Å². The number of morpholine rings is 1. The monoisotopic (exact) mass is 483 g/mol. The molecule has 9 nitrogen and oxygen atoms in total. The zero-order valence-corrected chi connectivity index (χ0v) is 20.2. The van der Waals surface area contributed by atoms with E-state index in [2.05, 4.69) is 4.90 Å². The number of methoxy groups -OCH3 is 1. The van der Waals surface area contributed by atoms with Gasteiger partial charge < -0.3 is 28.7 Å². The van der Waals surface area contributed by atoms with E-state index < -0.39 is 0 Å². The molecule has 2 aliphatic heterocycles. The predicted molar refractivity (Wildman–Crippen MR) is 130 cm³/mol. The van der Waals surface area contributed by atoms with Crippen molar-refractivity contribution in [3.8, 4) is 17.2 Å². The number of benzene rings is 2. The molecule has 0 unspecified atom stereocenters. The lowest BCUT2D eigenvalue weighted by Crippen LogP contribution is -2.49. The summed E-state index contributed by atoms with van der Waals surface area (Å²) in [6.45, 7) is 6.48. The van der Waals surface area contributed by atoms with Crippen molar-refractivity contribution in [1.29, 1.82) is 0 Å². The van der Waals surface area contributed by atoms with E-state index in [0.29, 0.717) is 63.1 Å². The van der Waals surface area contributed by atoms with Crippen LogP contribution in [0.2, 0.25) is 0 Å². The molecule has 0 spiro atoms. The van der Waals surface area contributed by atoms with E-state index in [1.54, 1.807) is 23.1 Å². The summed E-state index contributed by atoms with van der Waals surface area (Å²) in [5.74, 6) is 1.60. The van der Waals surface area contributed by atoms with Gasteiger partial charge in [-0.05, 0) is 30.3 Å². The minimum Gasteiger partial charge on any atom is -0.493 e. The van der Waals surface area contributed by atoms with E-state index in [1.165, 1.54) is 7.11 Å². The number of hydrogen-bond donors (Lipinski definition) is 0. The summed E-state index contributed by atoms with van der Waals surface area (Å²) < 4.78 is 22.2. The highest BCUT2D eigenvalue weighted by atomic mass is 16.5. The minimum atomic E-state index is -0.0949. The van der Waals surface area contributed by atoms with Crippen LogP contribution < -0.4 is 14.2 Å². The molecule has 2 amide bonds. The number of piperazine rings is 1. The molecule has 2 heterocycles. The molecule has 0 atom stereocenters. The summed E-state index contributed by atoms with van der Waals surface area (Å²) in [7, 11) is 1.52. The fourth-order valence-electron chi connectivity index (χ4n) is 4.13. The minimum absolute atomic E-state index is 0.0422. The lowest BCUT2D eigenvalue weighted by molar-refractivity contribution is -0.137. The van der Waals surface area contributed by atoms with Crippen LogP contribution in [-0.2, 0) is 9.53 Å². The maximum absolute atomic E-state index is 13.1. The van der Waals surface area contributed by atoms with E-state index in [0.717, 1.165) is 25.4 Å². The van der Waals surface area contributed by atoms with Gasteiger partial charge in [0.25, 0.3) is 11.8 Å². The molecule has 9 heteroatoms. The van der Waals surface area contributed by atoms with E-state index in [4.69, 9.17) is 18.9 Å². The standard InChI is InChI=1S/C26H33N3O6/c1-32-24-19-21(7-8-23(24)35-20-25(30)28-14-16-33-17-15-28)26(31)29-11-9-27(10-12-29)13-18-34-22-5-3-2-4-6-22/h2-8,19H,9-18,20H2,1H3. The third-order valence-corrected chi connectivity index (χ3v) is 6.20. The Morgan fingerprint density at radius 2 is 1.60 bits per heavy atom. The summed E-state index contributed by atoms with van der Waals surface area (Å²) in [6.07, 6.45) is 0. The SMILES string of the molecule is COc1cc(C(=O)N2CCN(CCOc3ccccc3)CC2)ccc1OCC(=O)N1CCOCC1. The second-order valence-corrected chi connectivity index (χ2v) is 8.44. The van der Waals surface area contributed by atoms with Crippen molar-refractivity contribution >= 4 is 11.8 Å². The van der Waals surface area contributed by atoms with E-state index in [-0.39, 0.29) is 18.4 Å². The van der Waals surface area contributed by atoms with Crippen LogP contribution in [0.1, 0.15) is 10.4 Å².